The number of hydrogen-bond donors (Lipinski definition) is 1. The molecule has 4 nitrogen and oxygen atoms in total. The number of benzene rings is 3. The normalized spacial score (nSPS) is 12.7. The van der Waals surface area contributed by atoms with Gasteiger partial charge in [0.25, 0.3) is 0 Å². The number of hydrogen-bond acceptors (Lipinski definition) is 5. The van der Waals surface area contributed by atoms with Crippen molar-refractivity contribution in [2.45, 2.75) is 110 Å². The molecule has 0 atom stereocenters. The molecule has 0 spiro atoms. The molecule has 3 aromatic rings. The van der Waals surface area contributed by atoms with E-state index in [1.807, 2.05) is 107 Å². The van der Waals surface area contributed by atoms with Gasteiger partial charge in [-0.2, -0.15) is 0 Å². The van der Waals surface area contributed by atoms with Crippen molar-refractivity contribution in [1.29, 1.82) is 0 Å². The lowest BCUT2D eigenvalue weighted by Crippen LogP contribution is -2.26. The van der Waals surface area contributed by atoms with Crippen LogP contribution in [0.1, 0.15) is 83.1 Å². The van der Waals surface area contributed by atoms with Crippen LogP contribution in [0.3, 0.4) is 0 Å². The Morgan fingerprint density at radius 3 is 1.28 bits per heavy atom. The first kappa shape index (κ1) is 30.7. The molecule has 212 valence electrons. The molecular formula is C34H46O4S. The van der Waals surface area contributed by atoms with Gasteiger partial charge in [-0.05, 0) is 130 Å². The lowest BCUT2D eigenvalue weighted by Gasteiger charge is -2.28. The van der Waals surface area contributed by atoms with Crippen LogP contribution in [-0.2, 0) is 0 Å². The summed E-state index contributed by atoms with van der Waals surface area (Å²) in [5.74, 6) is 2.83. The molecule has 0 aliphatic heterocycles. The maximum absolute atomic E-state index is 6.38. The molecule has 0 aromatic heterocycles. The zero-order valence-electron chi connectivity index (χ0n) is 25.8. The molecule has 0 aliphatic rings. The number of rotatable bonds is 6. The highest BCUT2D eigenvalue weighted by molar-refractivity contribution is 7.80. The third-order valence-electron chi connectivity index (χ3n) is 5.19. The minimum atomic E-state index is -0.389. The Labute approximate surface area is 241 Å². The highest BCUT2D eigenvalue weighted by atomic mass is 32.1. The Balaban J connectivity index is 2.20. The van der Waals surface area contributed by atoms with Crippen molar-refractivity contribution >= 4 is 12.6 Å². The van der Waals surface area contributed by atoms with Crippen molar-refractivity contribution < 1.29 is 18.9 Å². The molecule has 3 rings (SSSR count). The Morgan fingerprint density at radius 2 is 0.846 bits per heavy atom. The van der Waals surface area contributed by atoms with Crippen molar-refractivity contribution in [2.24, 2.45) is 0 Å². The summed E-state index contributed by atoms with van der Waals surface area (Å²) in [6.07, 6.45) is 0. The third kappa shape index (κ3) is 9.13. The van der Waals surface area contributed by atoms with Crippen LogP contribution in [0.5, 0.6) is 23.0 Å². The summed E-state index contributed by atoms with van der Waals surface area (Å²) >= 11 is 4.89. The molecule has 0 amide bonds. The molecule has 39 heavy (non-hydrogen) atoms. The van der Waals surface area contributed by atoms with E-state index in [0.717, 1.165) is 27.1 Å². The molecular weight excluding hydrogens is 504 g/mol. The van der Waals surface area contributed by atoms with Gasteiger partial charge in [0.2, 0.25) is 0 Å². The van der Waals surface area contributed by atoms with Crippen LogP contribution < -0.4 is 18.9 Å². The highest BCUT2D eigenvalue weighted by Gasteiger charge is 2.24. The summed E-state index contributed by atoms with van der Waals surface area (Å²) in [7, 11) is 0. The van der Waals surface area contributed by atoms with Crippen molar-refractivity contribution in [3.63, 3.8) is 0 Å². The van der Waals surface area contributed by atoms with Crippen LogP contribution in [0, 0.1) is 0 Å². The lowest BCUT2D eigenvalue weighted by atomic mass is 9.93. The zero-order chi connectivity index (χ0) is 29.4. The van der Waals surface area contributed by atoms with Gasteiger partial charge in [0.05, 0.1) is 0 Å². The summed E-state index contributed by atoms with van der Waals surface area (Å²) in [6, 6.07) is 18.4. The second-order valence-corrected chi connectivity index (χ2v) is 14.4. The van der Waals surface area contributed by atoms with Gasteiger partial charge < -0.3 is 18.9 Å². The summed E-state index contributed by atoms with van der Waals surface area (Å²) in [5.41, 5.74) is 2.56. The SMILES string of the molecule is CC(C)(C)Oc1ccc(-c2cccc(S)c2-c2ccc(OC(C)(C)C)c(OC(C)(C)C)c2)cc1OC(C)(C)C. The average Bonchev–Trinajstić information content (AvgIpc) is 2.72. The van der Waals surface area contributed by atoms with E-state index in [0.29, 0.717) is 23.0 Å². The number of ether oxygens (including phenoxy) is 4. The largest absolute Gasteiger partial charge is 0.484 e. The van der Waals surface area contributed by atoms with Gasteiger partial charge in [-0.25, -0.2) is 0 Å². The lowest BCUT2D eigenvalue weighted by molar-refractivity contribution is 0.0958. The molecule has 0 aliphatic carbocycles. The molecule has 0 heterocycles. The highest BCUT2D eigenvalue weighted by Crippen LogP contribution is 2.44. The summed E-state index contributed by atoms with van der Waals surface area (Å²) in [5, 5.41) is 0. The molecule has 5 heteroatoms. The van der Waals surface area contributed by atoms with E-state index in [-0.39, 0.29) is 22.4 Å². The fourth-order valence-corrected chi connectivity index (χ4v) is 4.41. The van der Waals surface area contributed by atoms with Gasteiger partial charge in [-0.15, -0.1) is 12.6 Å². The summed E-state index contributed by atoms with van der Waals surface area (Å²) in [4.78, 5) is 0.868. The predicted molar refractivity (Wildman–Crippen MR) is 166 cm³/mol. The van der Waals surface area contributed by atoms with E-state index >= 15 is 0 Å². The molecule has 0 radical (unpaired) electrons. The summed E-state index contributed by atoms with van der Waals surface area (Å²) < 4.78 is 25.3. The standard InChI is InChI=1S/C34H46O4S/c1-31(2,3)35-25-18-16-22(20-27(25)37-33(7,8)9)24-14-13-15-29(39)30(24)23-17-19-26(36-32(4,5)6)28(21-23)38-34(10,11)12/h13-21,39H,1-12H3. The van der Waals surface area contributed by atoms with Gasteiger partial charge in [-0.1, -0.05) is 24.3 Å². The van der Waals surface area contributed by atoms with E-state index < -0.39 is 0 Å². The second-order valence-electron chi connectivity index (χ2n) is 13.9. The van der Waals surface area contributed by atoms with Crippen molar-refractivity contribution in [1.82, 2.24) is 0 Å². The summed E-state index contributed by atoms with van der Waals surface area (Å²) in [6.45, 7) is 24.4. The minimum absolute atomic E-state index is 0.353. The van der Waals surface area contributed by atoms with Gasteiger partial charge in [0.1, 0.15) is 22.4 Å². The third-order valence-corrected chi connectivity index (χ3v) is 5.57. The monoisotopic (exact) mass is 550 g/mol. The van der Waals surface area contributed by atoms with Crippen molar-refractivity contribution in [2.75, 3.05) is 0 Å². The first-order chi connectivity index (χ1) is 17.7. The zero-order valence-corrected chi connectivity index (χ0v) is 26.7. The Bertz CT molecular complexity index is 1300. The first-order valence-electron chi connectivity index (χ1n) is 13.6. The van der Waals surface area contributed by atoms with Gasteiger partial charge >= 0.3 is 0 Å². The molecule has 0 bridgehead atoms. The maximum Gasteiger partial charge on any atom is 0.162 e. The van der Waals surface area contributed by atoms with E-state index in [9.17, 15) is 0 Å². The van der Waals surface area contributed by atoms with E-state index in [1.165, 1.54) is 0 Å². The van der Waals surface area contributed by atoms with Crippen LogP contribution in [0.15, 0.2) is 59.5 Å². The Hall–Kier alpha value is -2.79. The molecule has 0 fully saturated rings. The van der Waals surface area contributed by atoms with E-state index in [4.69, 9.17) is 31.6 Å². The van der Waals surface area contributed by atoms with Crippen LogP contribution in [0.4, 0.5) is 0 Å². The smallest absolute Gasteiger partial charge is 0.162 e. The van der Waals surface area contributed by atoms with Crippen LogP contribution in [0.25, 0.3) is 22.3 Å². The molecule has 0 saturated heterocycles. The van der Waals surface area contributed by atoms with E-state index in [2.05, 4.69) is 30.3 Å². The van der Waals surface area contributed by atoms with Crippen LogP contribution in [-0.4, -0.2) is 22.4 Å². The minimum Gasteiger partial charge on any atom is -0.484 e. The van der Waals surface area contributed by atoms with Crippen molar-refractivity contribution in [3.05, 3.63) is 54.6 Å². The fourth-order valence-electron chi connectivity index (χ4n) is 4.07. The molecule has 0 saturated carbocycles. The topological polar surface area (TPSA) is 36.9 Å². The average molecular weight is 551 g/mol. The van der Waals surface area contributed by atoms with Gasteiger partial charge in [0, 0.05) is 10.5 Å². The molecule has 3 aromatic carbocycles. The molecule has 0 N–H and O–H groups in total. The van der Waals surface area contributed by atoms with Crippen molar-refractivity contribution in [3.8, 4) is 45.3 Å². The first-order valence-corrected chi connectivity index (χ1v) is 14.0. The predicted octanol–water partition coefficient (Wildman–Crippen LogP) is 10.0. The van der Waals surface area contributed by atoms with Crippen LogP contribution >= 0.6 is 12.6 Å². The van der Waals surface area contributed by atoms with Crippen LogP contribution in [0.2, 0.25) is 0 Å². The maximum atomic E-state index is 6.38. The number of thiol groups is 1. The fraction of sp³-hybridized carbons (Fsp3) is 0.471. The second kappa shape index (κ2) is 11.0. The van der Waals surface area contributed by atoms with Gasteiger partial charge in [-0.3, -0.25) is 0 Å². The van der Waals surface area contributed by atoms with Gasteiger partial charge in [0.15, 0.2) is 23.0 Å². The Morgan fingerprint density at radius 1 is 0.462 bits per heavy atom. The Kier molecular flexibility index (Phi) is 8.67. The molecule has 0 unspecified atom stereocenters. The quantitative estimate of drug-likeness (QED) is 0.310. The van der Waals surface area contributed by atoms with E-state index in [1.54, 1.807) is 0 Å².